The Bertz CT molecular complexity index is 391. The first-order valence-electron chi connectivity index (χ1n) is 6.77. The molecule has 1 aromatic carbocycles. The minimum atomic E-state index is 0.0515. The maximum absolute atomic E-state index is 11.6. The van der Waals surface area contributed by atoms with Gasteiger partial charge >= 0.3 is 0 Å². The zero-order chi connectivity index (χ0) is 14.1. The molecule has 3 N–H and O–H groups in total. The van der Waals surface area contributed by atoms with Crippen molar-refractivity contribution in [3.8, 4) is 0 Å². The number of anilines is 1. The van der Waals surface area contributed by atoms with Crippen LogP contribution < -0.4 is 11.1 Å². The number of benzene rings is 1. The topological polar surface area (TPSA) is 64.3 Å². The lowest BCUT2D eigenvalue weighted by Gasteiger charge is -2.08. The second kappa shape index (κ2) is 8.53. The summed E-state index contributed by atoms with van der Waals surface area (Å²) >= 11 is 0. The third-order valence-electron chi connectivity index (χ3n) is 2.61. The van der Waals surface area contributed by atoms with Crippen molar-refractivity contribution in [3.63, 3.8) is 0 Å². The summed E-state index contributed by atoms with van der Waals surface area (Å²) in [6.07, 6.45) is 1.19. The van der Waals surface area contributed by atoms with Crippen molar-refractivity contribution >= 4 is 11.6 Å². The molecule has 1 aromatic rings. The van der Waals surface area contributed by atoms with Gasteiger partial charge in [0.05, 0.1) is 6.61 Å². The minimum absolute atomic E-state index is 0.0515. The summed E-state index contributed by atoms with van der Waals surface area (Å²) in [6, 6.07) is 7.63. The molecule has 0 aliphatic heterocycles. The van der Waals surface area contributed by atoms with Gasteiger partial charge < -0.3 is 15.8 Å². The van der Waals surface area contributed by atoms with Crippen LogP contribution in [0.1, 0.15) is 25.8 Å². The Morgan fingerprint density at radius 3 is 2.89 bits per heavy atom. The van der Waals surface area contributed by atoms with E-state index in [4.69, 9.17) is 10.5 Å². The highest BCUT2D eigenvalue weighted by Crippen LogP contribution is 2.08. The fourth-order valence-corrected chi connectivity index (χ4v) is 1.68. The van der Waals surface area contributed by atoms with E-state index in [2.05, 4.69) is 19.2 Å². The largest absolute Gasteiger partial charge is 0.399 e. The molecule has 0 aliphatic rings. The zero-order valence-corrected chi connectivity index (χ0v) is 11.8. The molecule has 0 bridgehead atoms. The average Bonchev–Trinajstić information content (AvgIpc) is 2.35. The molecule has 106 valence electrons. The summed E-state index contributed by atoms with van der Waals surface area (Å²) < 4.78 is 5.39. The van der Waals surface area contributed by atoms with Gasteiger partial charge in [-0.2, -0.15) is 0 Å². The van der Waals surface area contributed by atoms with E-state index in [-0.39, 0.29) is 5.91 Å². The highest BCUT2D eigenvalue weighted by atomic mass is 16.5. The SMILES string of the molecule is CC(C)COCCNC(=O)CCc1cccc(N)c1. The Morgan fingerprint density at radius 1 is 1.42 bits per heavy atom. The first kappa shape index (κ1) is 15.5. The number of amides is 1. The number of carbonyl (C=O) groups excluding carboxylic acids is 1. The van der Waals surface area contributed by atoms with Gasteiger partial charge in [-0.05, 0) is 30.0 Å². The number of nitrogens with one attached hydrogen (secondary N) is 1. The van der Waals surface area contributed by atoms with Gasteiger partial charge in [0.1, 0.15) is 0 Å². The minimum Gasteiger partial charge on any atom is -0.399 e. The molecule has 0 aliphatic carbocycles. The zero-order valence-electron chi connectivity index (χ0n) is 11.8. The van der Waals surface area contributed by atoms with Gasteiger partial charge in [-0.15, -0.1) is 0 Å². The number of ether oxygens (including phenoxy) is 1. The molecule has 4 nitrogen and oxygen atoms in total. The van der Waals surface area contributed by atoms with Crippen LogP contribution in [-0.4, -0.2) is 25.7 Å². The molecule has 0 radical (unpaired) electrons. The Labute approximate surface area is 115 Å². The van der Waals surface area contributed by atoms with Gasteiger partial charge in [0.15, 0.2) is 0 Å². The highest BCUT2D eigenvalue weighted by molar-refractivity contribution is 5.76. The van der Waals surface area contributed by atoms with Crippen molar-refractivity contribution in [1.82, 2.24) is 5.32 Å². The number of nitrogens with two attached hydrogens (primary N) is 1. The van der Waals surface area contributed by atoms with Crippen molar-refractivity contribution in [1.29, 1.82) is 0 Å². The average molecular weight is 264 g/mol. The molecule has 0 saturated carbocycles. The van der Waals surface area contributed by atoms with Crippen molar-refractivity contribution in [3.05, 3.63) is 29.8 Å². The molecule has 19 heavy (non-hydrogen) atoms. The fraction of sp³-hybridized carbons (Fsp3) is 0.533. The first-order chi connectivity index (χ1) is 9.08. The van der Waals surface area contributed by atoms with Gasteiger partial charge in [0, 0.05) is 25.3 Å². The Kier molecular flexibility index (Phi) is 6.97. The van der Waals surface area contributed by atoms with Gasteiger partial charge in [0.25, 0.3) is 0 Å². The summed E-state index contributed by atoms with van der Waals surface area (Å²) in [5.41, 5.74) is 7.51. The van der Waals surface area contributed by atoms with Gasteiger partial charge in [-0.3, -0.25) is 4.79 Å². The van der Waals surface area contributed by atoms with Crippen LogP contribution in [0.2, 0.25) is 0 Å². The van der Waals surface area contributed by atoms with E-state index in [1.807, 2.05) is 24.3 Å². The summed E-state index contributed by atoms with van der Waals surface area (Å²) in [4.78, 5) is 11.6. The molecule has 0 fully saturated rings. The predicted octanol–water partition coefficient (Wildman–Crippen LogP) is 1.99. The number of hydrogen-bond donors (Lipinski definition) is 2. The van der Waals surface area contributed by atoms with Crippen molar-refractivity contribution in [2.24, 2.45) is 5.92 Å². The molecule has 1 rings (SSSR count). The molecule has 0 aromatic heterocycles. The number of nitrogen functional groups attached to an aromatic ring is 1. The Hall–Kier alpha value is -1.55. The lowest BCUT2D eigenvalue weighted by Crippen LogP contribution is -2.27. The Morgan fingerprint density at radius 2 is 2.21 bits per heavy atom. The van der Waals surface area contributed by atoms with Crippen LogP contribution >= 0.6 is 0 Å². The van der Waals surface area contributed by atoms with E-state index in [1.54, 1.807) is 0 Å². The molecule has 0 unspecified atom stereocenters. The van der Waals surface area contributed by atoms with Crippen LogP contribution in [0.3, 0.4) is 0 Å². The second-order valence-corrected chi connectivity index (χ2v) is 5.06. The lowest BCUT2D eigenvalue weighted by atomic mass is 10.1. The lowest BCUT2D eigenvalue weighted by molar-refractivity contribution is -0.121. The molecule has 0 saturated heterocycles. The van der Waals surface area contributed by atoms with Crippen LogP contribution in [0.4, 0.5) is 5.69 Å². The van der Waals surface area contributed by atoms with E-state index in [0.29, 0.717) is 31.9 Å². The third-order valence-corrected chi connectivity index (χ3v) is 2.61. The van der Waals surface area contributed by atoms with Crippen LogP contribution in [0, 0.1) is 5.92 Å². The molecule has 0 atom stereocenters. The maximum atomic E-state index is 11.6. The standard InChI is InChI=1S/C15H24N2O2/c1-12(2)11-19-9-8-17-15(18)7-6-13-4-3-5-14(16)10-13/h3-5,10,12H,6-9,11,16H2,1-2H3,(H,17,18). The van der Waals surface area contributed by atoms with E-state index in [9.17, 15) is 4.79 Å². The van der Waals surface area contributed by atoms with E-state index < -0.39 is 0 Å². The molecular formula is C15H24N2O2. The van der Waals surface area contributed by atoms with Crippen molar-refractivity contribution in [2.75, 3.05) is 25.5 Å². The molecule has 0 heterocycles. The maximum Gasteiger partial charge on any atom is 0.220 e. The fourth-order valence-electron chi connectivity index (χ4n) is 1.68. The number of rotatable bonds is 8. The molecule has 1 amide bonds. The number of aryl methyl sites for hydroxylation is 1. The highest BCUT2D eigenvalue weighted by Gasteiger charge is 2.02. The van der Waals surface area contributed by atoms with Crippen LogP contribution in [0.5, 0.6) is 0 Å². The van der Waals surface area contributed by atoms with Crippen molar-refractivity contribution in [2.45, 2.75) is 26.7 Å². The van der Waals surface area contributed by atoms with Crippen LogP contribution in [-0.2, 0) is 16.0 Å². The predicted molar refractivity (Wildman–Crippen MR) is 77.8 cm³/mol. The quantitative estimate of drug-likeness (QED) is 0.557. The number of hydrogen-bond acceptors (Lipinski definition) is 3. The molecule has 0 spiro atoms. The van der Waals surface area contributed by atoms with Gasteiger partial charge in [-0.1, -0.05) is 26.0 Å². The van der Waals surface area contributed by atoms with Gasteiger partial charge in [-0.25, -0.2) is 0 Å². The van der Waals surface area contributed by atoms with E-state index in [0.717, 1.165) is 17.9 Å². The third kappa shape index (κ3) is 7.47. The monoisotopic (exact) mass is 264 g/mol. The molecule has 4 heteroatoms. The second-order valence-electron chi connectivity index (χ2n) is 5.06. The summed E-state index contributed by atoms with van der Waals surface area (Å²) in [6.45, 7) is 6.08. The normalized spacial score (nSPS) is 10.7. The van der Waals surface area contributed by atoms with Crippen LogP contribution in [0.15, 0.2) is 24.3 Å². The number of carbonyl (C=O) groups is 1. The summed E-state index contributed by atoms with van der Waals surface area (Å²) in [5, 5.41) is 2.85. The van der Waals surface area contributed by atoms with Crippen LogP contribution in [0.25, 0.3) is 0 Å². The molecular weight excluding hydrogens is 240 g/mol. The summed E-state index contributed by atoms with van der Waals surface area (Å²) in [7, 11) is 0. The smallest absolute Gasteiger partial charge is 0.220 e. The first-order valence-corrected chi connectivity index (χ1v) is 6.77. The van der Waals surface area contributed by atoms with Gasteiger partial charge in [0.2, 0.25) is 5.91 Å². The Balaban J connectivity index is 2.11. The van der Waals surface area contributed by atoms with E-state index in [1.165, 1.54) is 0 Å². The summed E-state index contributed by atoms with van der Waals surface area (Å²) in [5.74, 6) is 0.579. The van der Waals surface area contributed by atoms with E-state index >= 15 is 0 Å². The van der Waals surface area contributed by atoms with Crippen molar-refractivity contribution < 1.29 is 9.53 Å².